The van der Waals surface area contributed by atoms with Crippen molar-refractivity contribution >= 4 is 17.5 Å². The smallest absolute Gasteiger partial charge is 0.346 e. The van der Waals surface area contributed by atoms with Gasteiger partial charge in [0.25, 0.3) is 5.91 Å². The SMILES string of the molecule is CC(NC(=O)c1ccc(N2CCCC2=O)cc1)c1cccc(C(F)(F)F)c1. The zero-order chi connectivity index (χ0) is 19.6. The van der Waals surface area contributed by atoms with E-state index in [4.69, 9.17) is 0 Å². The van der Waals surface area contributed by atoms with E-state index < -0.39 is 17.8 Å². The summed E-state index contributed by atoms with van der Waals surface area (Å²) in [6, 6.07) is 10.9. The minimum Gasteiger partial charge on any atom is -0.346 e. The summed E-state index contributed by atoms with van der Waals surface area (Å²) in [5.74, 6) is -0.329. The highest BCUT2D eigenvalue weighted by Gasteiger charge is 2.30. The monoisotopic (exact) mass is 376 g/mol. The summed E-state index contributed by atoms with van der Waals surface area (Å²) >= 11 is 0. The van der Waals surface area contributed by atoms with Crippen molar-refractivity contribution in [1.29, 1.82) is 0 Å². The molecule has 1 fully saturated rings. The van der Waals surface area contributed by atoms with E-state index in [0.717, 1.165) is 24.2 Å². The largest absolute Gasteiger partial charge is 0.416 e. The molecule has 1 unspecified atom stereocenters. The number of anilines is 1. The fraction of sp³-hybridized carbons (Fsp3) is 0.300. The van der Waals surface area contributed by atoms with Gasteiger partial charge in [-0.25, -0.2) is 0 Å². The van der Waals surface area contributed by atoms with Crippen molar-refractivity contribution in [3.05, 3.63) is 65.2 Å². The van der Waals surface area contributed by atoms with Crippen molar-refractivity contribution in [3.8, 4) is 0 Å². The second-order valence-corrected chi connectivity index (χ2v) is 6.51. The van der Waals surface area contributed by atoms with Crippen LogP contribution in [0.25, 0.3) is 0 Å². The molecule has 142 valence electrons. The normalized spacial score (nSPS) is 15.7. The average molecular weight is 376 g/mol. The number of carbonyl (C=O) groups excluding carboxylic acids is 2. The Morgan fingerprint density at radius 3 is 2.44 bits per heavy atom. The number of benzene rings is 2. The zero-order valence-corrected chi connectivity index (χ0v) is 14.7. The van der Waals surface area contributed by atoms with Gasteiger partial charge >= 0.3 is 6.18 Å². The Kier molecular flexibility index (Phi) is 5.21. The highest BCUT2D eigenvalue weighted by Crippen LogP contribution is 2.30. The molecule has 0 bridgehead atoms. The molecule has 1 N–H and O–H groups in total. The van der Waals surface area contributed by atoms with Crippen molar-refractivity contribution in [2.75, 3.05) is 11.4 Å². The van der Waals surface area contributed by atoms with Crippen LogP contribution in [0, 0.1) is 0 Å². The first-order valence-electron chi connectivity index (χ1n) is 8.64. The first-order valence-corrected chi connectivity index (χ1v) is 8.64. The fourth-order valence-corrected chi connectivity index (χ4v) is 3.06. The van der Waals surface area contributed by atoms with Crippen LogP contribution >= 0.6 is 0 Å². The zero-order valence-electron chi connectivity index (χ0n) is 14.7. The maximum absolute atomic E-state index is 12.8. The lowest BCUT2D eigenvalue weighted by atomic mass is 10.0. The van der Waals surface area contributed by atoms with Crippen molar-refractivity contribution < 1.29 is 22.8 Å². The standard InChI is InChI=1S/C20H19F3N2O2/c1-13(15-4-2-5-16(12-15)20(21,22)23)24-19(27)14-7-9-17(10-8-14)25-11-3-6-18(25)26/h2,4-5,7-10,12-13H,3,6,11H2,1H3,(H,24,27). The second kappa shape index (κ2) is 7.42. The summed E-state index contributed by atoms with van der Waals surface area (Å²) in [6.07, 6.45) is -3.09. The summed E-state index contributed by atoms with van der Waals surface area (Å²) in [4.78, 5) is 25.8. The molecule has 0 saturated carbocycles. The van der Waals surface area contributed by atoms with E-state index in [-0.39, 0.29) is 11.8 Å². The molecule has 1 aliphatic rings. The fourth-order valence-electron chi connectivity index (χ4n) is 3.06. The molecule has 0 aromatic heterocycles. The Labute approximate surface area is 155 Å². The number of nitrogens with one attached hydrogen (secondary N) is 1. The summed E-state index contributed by atoms with van der Waals surface area (Å²) in [5, 5.41) is 2.70. The van der Waals surface area contributed by atoms with E-state index in [1.807, 2.05) is 0 Å². The minimum atomic E-state index is -4.43. The topological polar surface area (TPSA) is 49.4 Å². The highest BCUT2D eigenvalue weighted by atomic mass is 19.4. The molecule has 1 atom stereocenters. The maximum atomic E-state index is 12.8. The first-order chi connectivity index (χ1) is 12.8. The van der Waals surface area contributed by atoms with Crippen LogP contribution in [0.1, 0.15) is 47.3 Å². The number of halogens is 3. The van der Waals surface area contributed by atoms with Crippen molar-refractivity contribution in [3.63, 3.8) is 0 Å². The number of carbonyl (C=O) groups is 2. The lowest BCUT2D eigenvalue weighted by Gasteiger charge is -2.18. The van der Waals surface area contributed by atoms with E-state index in [1.165, 1.54) is 6.07 Å². The Hall–Kier alpha value is -2.83. The number of hydrogen-bond acceptors (Lipinski definition) is 2. The molecule has 7 heteroatoms. The van der Waals surface area contributed by atoms with Gasteiger partial charge in [0.15, 0.2) is 0 Å². The Balaban J connectivity index is 1.69. The van der Waals surface area contributed by atoms with Gasteiger partial charge in [-0.1, -0.05) is 12.1 Å². The summed E-state index contributed by atoms with van der Waals surface area (Å²) < 4.78 is 38.5. The van der Waals surface area contributed by atoms with Gasteiger partial charge in [-0.05, 0) is 55.3 Å². The van der Waals surface area contributed by atoms with E-state index in [1.54, 1.807) is 42.2 Å². The molecule has 0 aliphatic carbocycles. The third-order valence-electron chi connectivity index (χ3n) is 4.58. The average Bonchev–Trinajstić information content (AvgIpc) is 3.07. The summed E-state index contributed by atoms with van der Waals surface area (Å²) in [5.41, 5.74) is 0.738. The molecular weight excluding hydrogens is 357 g/mol. The Morgan fingerprint density at radius 2 is 1.85 bits per heavy atom. The number of hydrogen-bond donors (Lipinski definition) is 1. The molecule has 1 aliphatic heterocycles. The molecule has 3 rings (SSSR count). The molecular formula is C20H19F3N2O2. The van der Waals surface area contributed by atoms with E-state index in [2.05, 4.69) is 5.32 Å². The van der Waals surface area contributed by atoms with E-state index in [0.29, 0.717) is 24.1 Å². The third-order valence-corrected chi connectivity index (χ3v) is 4.58. The van der Waals surface area contributed by atoms with Crippen LogP contribution in [0.2, 0.25) is 0 Å². The van der Waals surface area contributed by atoms with Crippen LogP contribution in [0.4, 0.5) is 18.9 Å². The Morgan fingerprint density at radius 1 is 1.15 bits per heavy atom. The van der Waals surface area contributed by atoms with Crippen LogP contribution < -0.4 is 10.2 Å². The number of rotatable bonds is 4. The second-order valence-electron chi connectivity index (χ2n) is 6.51. The van der Waals surface area contributed by atoms with Gasteiger partial charge < -0.3 is 10.2 Å². The molecule has 2 aromatic rings. The summed E-state index contributed by atoms with van der Waals surface area (Å²) in [6.45, 7) is 2.29. The van der Waals surface area contributed by atoms with Gasteiger partial charge in [0.1, 0.15) is 0 Å². The molecule has 1 saturated heterocycles. The van der Waals surface area contributed by atoms with Gasteiger partial charge in [0, 0.05) is 24.2 Å². The van der Waals surface area contributed by atoms with Crippen molar-refractivity contribution in [1.82, 2.24) is 5.32 Å². The van der Waals surface area contributed by atoms with E-state index in [9.17, 15) is 22.8 Å². The van der Waals surface area contributed by atoms with Gasteiger partial charge in [-0.2, -0.15) is 13.2 Å². The molecule has 27 heavy (non-hydrogen) atoms. The predicted octanol–water partition coefficient (Wildman–Crippen LogP) is 4.32. The first kappa shape index (κ1) is 18.9. The van der Waals surface area contributed by atoms with Gasteiger partial charge in [-0.15, -0.1) is 0 Å². The minimum absolute atomic E-state index is 0.0605. The third kappa shape index (κ3) is 4.30. The van der Waals surface area contributed by atoms with E-state index >= 15 is 0 Å². The summed E-state index contributed by atoms with van der Waals surface area (Å²) in [7, 11) is 0. The van der Waals surface area contributed by atoms with Crippen LogP contribution in [-0.2, 0) is 11.0 Å². The molecule has 0 radical (unpaired) electrons. The number of amides is 2. The number of alkyl halides is 3. The quantitative estimate of drug-likeness (QED) is 0.864. The molecule has 2 aromatic carbocycles. The van der Waals surface area contributed by atoms with Crippen molar-refractivity contribution in [2.45, 2.75) is 32.0 Å². The highest BCUT2D eigenvalue weighted by molar-refractivity contribution is 5.97. The number of nitrogens with zero attached hydrogens (tertiary/aromatic N) is 1. The van der Waals surface area contributed by atoms with Crippen LogP contribution in [0.15, 0.2) is 48.5 Å². The molecule has 4 nitrogen and oxygen atoms in total. The molecule has 1 heterocycles. The molecule has 0 spiro atoms. The van der Waals surface area contributed by atoms with Crippen LogP contribution in [-0.4, -0.2) is 18.4 Å². The van der Waals surface area contributed by atoms with Gasteiger partial charge in [-0.3, -0.25) is 9.59 Å². The maximum Gasteiger partial charge on any atom is 0.416 e. The Bertz CT molecular complexity index is 847. The van der Waals surface area contributed by atoms with Crippen LogP contribution in [0.3, 0.4) is 0 Å². The van der Waals surface area contributed by atoms with Gasteiger partial charge in [0.05, 0.1) is 11.6 Å². The lowest BCUT2D eigenvalue weighted by molar-refractivity contribution is -0.137. The predicted molar refractivity (Wildman–Crippen MR) is 95.4 cm³/mol. The van der Waals surface area contributed by atoms with Crippen LogP contribution in [0.5, 0.6) is 0 Å². The molecule has 2 amide bonds. The van der Waals surface area contributed by atoms with Gasteiger partial charge in [0.2, 0.25) is 5.91 Å². The lowest BCUT2D eigenvalue weighted by Crippen LogP contribution is -2.27. The van der Waals surface area contributed by atoms with Crippen molar-refractivity contribution in [2.24, 2.45) is 0 Å².